The van der Waals surface area contributed by atoms with Crippen LogP contribution in [0.2, 0.25) is 0 Å². The molecule has 0 amide bonds. The minimum absolute atomic E-state index is 0. The van der Waals surface area contributed by atoms with Gasteiger partial charge in [0.05, 0.1) is 8.41 Å². The van der Waals surface area contributed by atoms with E-state index in [-0.39, 0.29) is 8.41 Å². The van der Waals surface area contributed by atoms with E-state index in [0.717, 1.165) is 7.28 Å². The van der Waals surface area contributed by atoms with Crippen LogP contribution in [-0.2, 0) is 0 Å². The van der Waals surface area contributed by atoms with Crippen molar-refractivity contribution >= 4 is 36.5 Å². The fraction of sp³-hybridized carbons (Fsp3) is 0. The predicted octanol–water partition coefficient (Wildman–Crippen LogP) is 1.12. The maximum absolute atomic E-state index is 3.39. The van der Waals surface area contributed by atoms with Crippen molar-refractivity contribution in [3.8, 4) is 0 Å². The highest BCUT2D eigenvalue weighted by atomic mass is 79.9. The SMILES string of the molecule is B.BrPc1ccccc1. The van der Waals surface area contributed by atoms with Gasteiger partial charge in [-0.1, -0.05) is 45.8 Å². The number of hydrogen-bond acceptors (Lipinski definition) is 0. The molecule has 0 aromatic heterocycles. The molecular weight excluding hydrogens is 194 g/mol. The molecule has 1 aromatic rings. The first-order chi connectivity index (χ1) is 3.93. The van der Waals surface area contributed by atoms with Crippen molar-refractivity contribution in [1.82, 2.24) is 0 Å². The van der Waals surface area contributed by atoms with Gasteiger partial charge in [0, 0.05) is 0 Å². The Morgan fingerprint density at radius 3 is 2.00 bits per heavy atom. The molecule has 1 aromatic carbocycles. The summed E-state index contributed by atoms with van der Waals surface area (Å²) >= 11 is 3.39. The summed E-state index contributed by atoms with van der Waals surface area (Å²) in [5.41, 5.74) is 0. The lowest BCUT2D eigenvalue weighted by Crippen LogP contribution is -1.85. The Bertz CT molecular complexity index is 154. The van der Waals surface area contributed by atoms with Gasteiger partial charge in [0.15, 0.2) is 0 Å². The molecule has 9 heavy (non-hydrogen) atoms. The fourth-order valence-corrected chi connectivity index (χ4v) is 1.61. The van der Waals surface area contributed by atoms with Crippen LogP contribution in [0.5, 0.6) is 0 Å². The lowest BCUT2D eigenvalue weighted by Gasteiger charge is -1.88. The van der Waals surface area contributed by atoms with E-state index in [2.05, 4.69) is 27.6 Å². The van der Waals surface area contributed by atoms with Crippen LogP contribution in [0.3, 0.4) is 0 Å². The second kappa shape index (κ2) is 5.02. The maximum Gasteiger partial charge on any atom is 0.0814 e. The van der Waals surface area contributed by atoms with Crippen molar-refractivity contribution in [3.63, 3.8) is 0 Å². The highest BCUT2D eigenvalue weighted by Gasteiger charge is 1.81. The zero-order chi connectivity index (χ0) is 5.82. The van der Waals surface area contributed by atoms with Crippen LogP contribution in [0.4, 0.5) is 0 Å². The largest absolute Gasteiger partial charge is 0.0814 e. The average Bonchev–Trinajstić information content (AvgIpc) is 1.90. The quantitative estimate of drug-likeness (QED) is 0.473. The summed E-state index contributed by atoms with van der Waals surface area (Å²) in [5.74, 6) is 0. The molecule has 0 aliphatic rings. The van der Waals surface area contributed by atoms with Gasteiger partial charge < -0.3 is 0 Å². The van der Waals surface area contributed by atoms with E-state index in [1.807, 2.05) is 18.2 Å². The summed E-state index contributed by atoms with van der Waals surface area (Å²) in [4.78, 5) is 0. The van der Waals surface area contributed by atoms with Crippen LogP contribution in [0.15, 0.2) is 30.3 Å². The molecule has 0 bridgehead atoms. The zero-order valence-corrected chi connectivity index (χ0v) is 6.85. The Hall–Kier alpha value is 0.195. The van der Waals surface area contributed by atoms with Gasteiger partial charge in [0.25, 0.3) is 0 Å². The molecule has 0 nitrogen and oxygen atoms in total. The highest BCUT2D eigenvalue weighted by molar-refractivity contribution is 9.37. The molecule has 0 saturated carbocycles. The molecule has 0 N–H and O–H groups in total. The monoisotopic (exact) mass is 202 g/mol. The van der Waals surface area contributed by atoms with Gasteiger partial charge >= 0.3 is 0 Å². The van der Waals surface area contributed by atoms with E-state index in [1.165, 1.54) is 5.30 Å². The normalized spacial score (nSPS) is 9.44. The van der Waals surface area contributed by atoms with E-state index >= 15 is 0 Å². The minimum atomic E-state index is 0. The van der Waals surface area contributed by atoms with Gasteiger partial charge in [-0.15, -0.1) is 0 Å². The molecule has 0 spiro atoms. The summed E-state index contributed by atoms with van der Waals surface area (Å²) in [6, 6.07) is 10.3. The van der Waals surface area contributed by atoms with Gasteiger partial charge in [0.2, 0.25) is 0 Å². The summed E-state index contributed by atoms with van der Waals surface area (Å²) < 4.78 is 0. The van der Waals surface area contributed by atoms with E-state index in [0.29, 0.717) is 0 Å². The van der Waals surface area contributed by atoms with Gasteiger partial charge in [0.1, 0.15) is 0 Å². The summed E-state index contributed by atoms with van der Waals surface area (Å²) in [5, 5.41) is 1.35. The van der Waals surface area contributed by atoms with Crippen molar-refractivity contribution in [2.24, 2.45) is 0 Å². The zero-order valence-electron chi connectivity index (χ0n) is 4.26. The number of rotatable bonds is 1. The van der Waals surface area contributed by atoms with Crippen LogP contribution in [-0.4, -0.2) is 8.41 Å². The van der Waals surface area contributed by atoms with Crippen LogP contribution in [0, 0.1) is 0 Å². The Kier molecular flexibility index (Phi) is 5.13. The van der Waals surface area contributed by atoms with Gasteiger partial charge in [-0.05, 0) is 12.6 Å². The smallest absolute Gasteiger partial charge is 0.0622 e. The van der Waals surface area contributed by atoms with Crippen molar-refractivity contribution in [2.45, 2.75) is 0 Å². The summed E-state index contributed by atoms with van der Waals surface area (Å²) in [6.07, 6.45) is 0. The molecule has 1 unspecified atom stereocenters. The molecule has 0 saturated heterocycles. The van der Waals surface area contributed by atoms with Crippen LogP contribution in [0.25, 0.3) is 0 Å². The molecule has 48 valence electrons. The predicted molar refractivity (Wildman–Crippen MR) is 53.3 cm³/mol. The summed E-state index contributed by atoms with van der Waals surface area (Å²) in [6.45, 7) is 0. The lowest BCUT2D eigenvalue weighted by atomic mass is 10.4. The van der Waals surface area contributed by atoms with Crippen LogP contribution >= 0.6 is 22.8 Å². The van der Waals surface area contributed by atoms with Crippen molar-refractivity contribution in [1.29, 1.82) is 0 Å². The molecule has 0 fully saturated rings. The standard InChI is InChI=1S/C6H6BrP.BH3/c7-8-6-4-2-1-3-5-6;/h1-5,8H;1H3. The van der Waals surface area contributed by atoms with E-state index in [4.69, 9.17) is 0 Å². The van der Waals surface area contributed by atoms with Crippen molar-refractivity contribution in [3.05, 3.63) is 30.3 Å². The average molecular weight is 203 g/mol. The maximum atomic E-state index is 3.39. The fourth-order valence-electron chi connectivity index (χ4n) is 0.501. The number of benzene rings is 1. The Balaban J connectivity index is 0.000000640. The molecule has 0 aliphatic heterocycles. The van der Waals surface area contributed by atoms with E-state index in [9.17, 15) is 0 Å². The third kappa shape index (κ3) is 3.03. The second-order valence-electron chi connectivity index (χ2n) is 1.46. The summed E-state index contributed by atoms with van der Waals surface area (Å²) in [7, 11) is 0.743. The molecular formula is C6H9BBrP. The third-order valence-corrected chi connectivity index (χ3v) is 2.81. The van der Waals surface area contributed by atoms with Crippen LogP contribution < -0.4 is 5.30 Å². The lowest BCUT2D eigenvalue weighted by molar-refractivity contribution is 1.78. The molecule has 0 radical (unpaired) electrons. The van der Waals surface area contributed by atoms with Gasteiger partial charge in [-0.2, -0.15) is 0 Å². The first kappa shape index (κ1) is 9.19. The first-order valence-electron chi connectivity index (χ1n) is 2.35. The topological polar surface area (TPSA) is 0 Å². The van der Waals surface area contributed by atoms with Crippen molar-refractivity contribution in [2.75, 3.05) is 0 Å². The number of halogens is 1. The van der Waals surface area contributed by atoms with E-state index in [1.54, 1.807) is 0 Å². The Labute approximate surface area is 67.1 Å². The highest BCUT2D eigenvalue weighted by Crippen LogP contribution is 2.17. The molecule has 0 aliphatic carbocycles. The molecule has 3 heteroatoms. The third-order valence-electron chi connectivity index (χ3n) is 0.883. The number of hydrogen-bond donors (Lipinski definition) is 0. The van der Waals surface area contributed by atoms with Gasteiger partial charge in [-0.3, -0.25) is 0 Å². The second-order valence-corrected chi connectivity index (χ2v) is 3.42. The van der Waals surface area contributed by atoms with Gasteiger partial charge in [-0.25, -0.2) is 0 Å². The van der Waals surface area contributed by atoms with E-state index < -0.39 is 0 Å². The molecule has 1 rings (SSSR count). The Morgan fingerprint density at radius 2 is 1.67 bits per heavy atom. The first-order valence-corrected chi connectivity index (χ1v) is 5.61. The van der Waals surface area contributed by atoms with Crippen LogP contribution in [0.1, 0.15) is 0 Å². The molecule has 1 atom stereocenters. The Morgan fingerprint density at radius 1 is 1.11 bits per heavy atom. The minimum Gasteiger partial charge on any atom is -0.0622 e. The van der Waals surface area contributed by atoms with Crippen molar-refractivity contribution < 1.29 is 0 Å². The molecule has 0 heterocycles.